The maximum absolute atomic E-state index is 10.1. The molecule has 0 aromatic carbocycles. The first kappa shape index (κ1) is 7.48. The highest BCUT2D eigenvalue weighted by atomic mass is 16.1. The SMILES string of the molecule is CN1CC=C(CC=O)CC1. The molecule has 1 heterocycles. The second kappa shape index (κ2) is 3.52. The van der Waals surface area contributed by atoms with Gasteiger partial charge in [-0.2, -0.15) is 0 Å². The fourth-order valence-electron chi connectivity index (χ4n) is 1.11. The van der Waals surface area contributed by atoms with E-state index in [0.717, 1.165) is 25.8 Å². The van der Waals surface area contributed by atoms with Crippen molar-refractivity contribution in [3.05, 3.63) is 11.6 Å². The van der Waals surface area contributed by atoms with Crippen molar-refractivity contribution < 1.29 is 4.79 Å². The summed E-state index contributed by atoms with van der Waals surface area (Å²) >= 11 is 0. The number of aldehydes is 1. The van der Waals surface area contributed by atoms with Gasteiger partial charge in [-0.3, -0.25) is 0 Å². The number of rotatable bonds is 2. The third-order valence-corrected chi connectivity index (χ3v) is 1.85. The summed E-state index contributed by atoms with van der Waals surface area (Å²) in [7, 11) is 2.09. The van der Waals surface area contributed by atoms with Crippen molar-refractivity contribution in [1.29, 1.82) is 0 Å². The van der Waals surface area contributed by atoms with E-state index in [2.05, 4.69) is 18.0 Å². The van der Waals surface area contributed by atoms with Gasteiger partial charge in [0.05, 0.1) is 0 Å². The van der Waals surface area contributed by atoms with Gasteiger partial charge in [0.1, 0.15) is 6.29 Å². The average Bonchev–Trinajstić information content (AvgIpc) is 1.95. The van der Waals surface area contributed by atoms with Crippen molar-refractivity contribution >= 4 is 6.29 Å². The molecule has 0 bridgehead atoms. The highest BCUT2D eigenvalue weighted by Crippen LogP contribution is 2.10. The molecule has 0 aliphatic carbocycles. The Morgan fingerprint density at radius 3 is 3.10 bits per heavy atom. The molecule has 2 nitrogen and oxygen atoms in total. The van der Waals surface area contributed by atoms with E-state index in [1.807, 2.05) is 0 Å². The molecule has 0 spiro atoms. The van der Waals surface area contributed by atoms with Crippen LogP contribution in [-0.2, 0) is 4.79 Å². The molecule has 1 rings (SSSR count). The summed E-state index contributed by atoms with van der Waals surface area (Å²) < 4.78 is 0. The molecule has 0 N–H and O–H groups in total. The van der Waals surface area contributed by atoms with Gasteiger partial charge >= 0.3 is 0 Å². The molecule has 1 aliphatic rings. The molecule has 0 saturated carbocycles. The van der Waals surface area contributed by atoms with Gasteiger partial charge in [-0.05, 0) is 13.5 Å². The lowest BCUT2D eigenvalue weighted by atomic mass is 10.1. The van der Waals surface area contributed by atoms with Gasteiger partial charge in [0.15, 0.2) is 0 Å². The normalized spacial score (nSPS) is 20.3. The summed E-state index contributed by atoms with van der Waals surface area (Å²) in [5.41, 5.74) is 1.30. The zero-order valence-electron chi connectivity index (χ0n) is 6.34. The van der Waals surface area contributed by atoms with Crippen LogP contribution >= 0.6 is 0 Å². The molecule has 0 aromatic heterocycles. The van der Waals surface area contributed by atoms with Crippen LogP contribution < -0.4 is 0 Å². The van der Waals surface area contributed by atoms with Crippen LogP contribution in [0.2, 0.25) is 0 Å². The molecule has 0 radical (unpaired) electrons. The smallest absolute Gasteiger partial charge is 0.124 e. The van der Waals surface area contributed by atoms with Gasteiger partial charge in [0.2, 0.25) is 0 Å². The Labute approximate surface area is 61.5 Å². The summed E-state index contributed by atoms with van der Waals surface area (Å²) in [5, 5.41) is 0. The Kier molecular flexibility index (Phi) is 2.63. The minimum Gasteiger partial charge on any atom is -0.303 e. The van der Waals surface area contributed by atoms with Crippen molar-refractivity contribution in [2.24, 2.45) is 0 Å². The number of hydrogen-bond acceptors (Lipinski definition) is 2. The molecule has 2 heteroatoms. The van der Waals surface area contributed by atoms with E-state index in [-0.39, 0.29) is 0 Å². The fraction of sp³-hybridized carbons (Fsp3) is 0.625. The molecule has 0 aromatic rings. The molecule has 0 amide bonds. The predicted molar refractivity (Wildman–Crippen MR) is 40.9 cm³/mol. The lowest BCUT2D eigenvalue weighted by molar-refractivity contribution is -0.107. The van der Waals surface area contributed by atoms with Gasteiger partial charge < -0.3 is 9.69 Å². The monoisotopic (exact) mass is 139 g/mol. The minimum absolute atomic E-state index is 0.633. The van der Waals surface area contributed by atoms with Crippen molar-refractivity contribution in [1.82, 2.24) is 4.90 Å². The quantitative estimate of drug-likeness (QED) is 0.417. The summed E-state index contributed by atoms with van der Waals surface area (Å²) in [4.78, 5) is 12.3. The lowest BCUT2D eigenvalue weighted by Gasteiger charge is -2.20. The predicted octanol–water partition coefficient (Wildman–Crippen LogP) is 0.837. The van der Waals surface area contributed by atoms with Crippen LogP contribution in [0.4, 0.5) is 0 Å². The zero-order chi connectivity index (χ0) is 7.40. The van der Waals surface area contributed by atoms with Crippen LogP contribution in [0.3, 0.4) is 0 Å². The van der Waals surface area contributed by atoms with Crippen LogP contribution in [0.25, 0.3) is 0 Å². The lowest BCUT2D eigenvalue weighted by Crippen LogP contribution is -2.24. The van der Waals surface area contributed by atoms with E-state index < -0.39 is 0 Å². The third-order valence-electron chi connectivity index (χ3n) is 1.85. The van der Waals surface area contributed by atoms with E-state index in [9.17, 15) is 4.79 Å². The Hall–Kier alpha value is -0.630. The maximum atomic E-state index is 10.1. The van der Waals surface area contributed by atoms with Gasteiger partial charge in [-0.15, -0.1) is 0 Å². The number of hydrogen-bond donors (Lipinski definition) is 0. The number of nitrogens with zero attached hydrogens (tertiary/aromatic N) is 1. The van der Waals surface area contributed by atoms with E-state index in [1.54, 1.807) is 0 Å². The van der Waals surface area contributed by atoms with Crippen LogP contribution in [-0.4, -0.2) is 31.3 Å². The third kappa shape index (κ3) is 1.95. The highest BCUT2D eigenvalue weighted by Gasteiger charge is 2.05. The molecule has 0 unspecified atom stereocenters. The van der Waals surface area contributed by atoms with Crippen LogP contribution in [0.1, 0.15) is 12.8 Å². The van der Waals surface area contributed by atoms with Crippen LogP contribution in [0.5, 0.6) is 0 Å². The first-order chi connectivity index (χ1) is 4.83. The number of likely N-dealkylation sites (N-methyl/N-ethyl adjacent to an activating group) is 1. The summed E-state index contributed by atoms with van der Waals surface area (Å²) in [6, 6.07) is 0. The molecule has 0 fully saturated rings. The summed E-state index contributed by atoms with van der Waals surface area (Å²) in [6.07, 6.45) is 4.83. The van der Waals surface area contributed by atoms with Gasteiger partial charge in [0.25, 0.3) is 0 Å². The Balaban J connectivity index is 2.40. The Bertz CT molecular complexity index is 151. The standard InChI is InChI=1S/C8H13NO/c1-9-5-2-8(3-6-9)4-7-10/h2,7H,3-6H2,1H3. The summed E-state index contributed by atoms with van der Waals surface area (Å²) in [5.74, 6) is 0. The van der Waals surface area contributed by atoms with E-state index in [0.29, 0.717) is 6.42 Å². The molecular formula is C8H13NO. The van der Waals surface area contributed by atoms with Crippen LogP contribution in [0, 0.1) is 0 Å². The van der Waals surface area contributed by atoms with Crippen molar-refractivity contribution in [2.75, 3.05) is 20.1 Å². The molecule has 0 saturated heterocycles. The zero-order valence-corrected chi connectivity index (χ0v) is 6.34. The first-order valence-electron chi connectivity index (χ1n) is 3.63. The van der Waals surface area contributed by atoms with Gasteiger partial charge in [-0.25, -0.2) is 0 Å². The van der Waals surface area contributed by atoms with E-state index in [4.69, 9.17) is 0 Å². The largest absolute Gasteiger partial charge is 0.303 e. The number of carbonyl (C=O) groups is 1. The second-order valence-corrected chi connectivity index (χ2v) is 2.75. The van der Waals surface area contributed by atoms with Gasteiger partial charge in [0, 0.05) is 19.5 Å². The van der Waals surface area contributed by atoms with Crippen molar-refractivity contribution in [3.63, 3.8) is 0 Å². The molecular weight excluding hydrogens is 126 g/mol. The summed E-state index contributed by atoms with van der Waals surface area (Å²) in [6.45, 7) is 2.10. The molecule has 1 aliphatic heterocycles. The van der Waals surface area contributed by atoms with Crippen molar-refractivity contribution in [2.45, 2.75) is 12.8 Å². The van der Waals surface area contributed by atoms with E-state index >= 15 is 0 Å². The second-order valence-electron chi connectivity index (χ2n) is 2.75. The molecule has 0 atom stereocenters. The topological polar surface area (TPSA) is 20.3 Å². The van der Waals surface area contributed by atoms with E-state index in [1.165, 1.54) is 5.57 Å². The fourth-order valence-corrected chi connectivity index (χ4v) is 1.11. The van der Waals surface area contributed by atoms with Gasteiger partial charge in [-0.1, -0.05) is 11.6 Å². The Morgan fingerprint density at radius 2 is 2.60 bits per heavy atom. The first-order valence-corrected chi connectivity index (χ1v) is 3.63. The highest BCUT2D eigenvalue weighted by molar-refractivity contribution is 5.54. The number of carbonyl (C=O) groups excluding carboxylic acids is 1. The molecule has 56 valence electrons. The average molecular weight is 139 g/mol. The van der Waals surface area contributed by atoms with Crippen LogP contribution in [0.15, 0.2) is 11.6 Å². The molecule has 10 heavy (non-hydrogen) atoms. The van der Waals surface area contributed by atoms with Crippen molar-refractivity contribution in [3.8, 4) is 0 Å². The minimum atomic E-state index is 0.633. The maximum Gasteiger partial charge on any atom is 0.124 e. The Morgan fingerprint density at radius 1 is 1.80 bits per heavy atom.